The fraction of sp³-hybridized carbons (Fsp3) is 1.00. The molecule has 0 fully saturated rings. The highest BCUT2D eigenvalue weighted by Crippen LogP contribution is 1.89. The molecule has 0 saturated heterocycles. The van der Waals surface area contributed by atoms with Crippen LogP contribution in [0.2, 0.25) is 6.04 Å². The summed E-state index contributed by atoms with van der Waals surface area (Å²) in [4.78, 5) is 0. The van der Waals surface area contributed by atoms with Gasteiger partial charge in [0, 0.05) is 7.11 Å². The topological polar surface area (TPSA) is 9.23 Å². The van der Waals surface area contributed by atoms with Crippen LogP contribution in [0.5, 0.6) is 0 Å². The molecule has 0 aromatic heterocycles. The molecule has 1 nitrogen and oxygen atoms in total. The lowest BCUT2D eigenvalue weighted by Crippen LogP contribution is -1.91. The maximum Gasteiger partial charge on any atom is 0.192 e. The largest absolute Gasteiger partial charge is 0.424 e. The van der Waals surface area contributed by atoms with Gasteiger partial charge in [0.15, 0.2) is 9.76 Å². The number of thiol groups is 1. The van der Waals surface area contributed by atoms with Gasteiger partial charge in [-0.15, -0.1) is 0 Å². The van der Waals surface area contributed by atoms with Crippen LogP contribution >= 0.6 is 12.6 Å². The highest BCUT2D eigenvalue weighted by Gasteiger charge is 1.83. The van der Waals surface area contributed by atoms with Gasteiger partial charge in [0.2, 0.25) is 0 Å². The van der Waals surface area contributed by atoms with E-state index in [9.17, 15) is 0 Å². The van der Waals surface area contributed by atoms with Crippen LogP contribution in [-0.2, 0) is 4.43 Å². The Morgan fingerprint density at radius 3 is 2.86 bits per heavy atom. The predicted molar refractivity (Wildman–Crippen MR) is 37.4 cm³/mol. The van der Waals surface area contributed by atoms with Crippen LogP contribution in [0, 0.1) is 0 Å². The molecule has 7 heavy (non-hydrogen) atoms. The second kappa shape index (κ2) is 6.53. The van der Waals surface area contributed by atoms with Crippen molar-refractivity contribution in [3.8, 4) is 0 Å². The van der Waals surface area contributed by atoms with Crippen LogP contribution in [0.25, 0.3) is 0 Å². The first-order chi connectivity index (χ1) is 3.41. The molecule has 0 aliphatic rings. The second-order valence-electron chi connectivity index (χ2n) is 1.27. The molecular weight excluding hydrogens is 124 g/mol. The van der Waals surface area contributed by atoms with Crippen LogP contribution in [0.15, 0.2) is 0 Å². The van der Waals surface area contributed by atoms with Gasteiger partial charge in [-0.1, -0.05) is 0 Å². The molecule has 0 aromatic carbocycles. The standard InChI is InChI=1S/C4H11OSSi/c1-5-7-4-2-3-6/h6-7H,2-4H2,1H3. The van der Waals surface area contributed by atoms with Crippen molar-refractivity contribution in [2.75, 3.05) is 12.9 Å². The number of rotatable bonds is 4. The maximum absolute atomic E-state index is 4.89. The third-order valence-electron chi connectivity index (χ3n) is 0.647. The van der Waals surface area contributed by atoms with Crippen molar-refractivity contribution in [3.05, 3.63) is 0 Å². The second-order valence-corrected chi connectivity index (χ2v) is 3.10. The fourth-order valence-electron chi connectivity index (χ4n) is 0.292. The van der Waals surface area contributed by atoms with E-state index in [0.29, 0.717) is 0 Å². The molecule has 0 N–H and O–H groups in total. The lowest BCUT2D eigenvalue weighted by Gasteiger charge is -1.90. The van der Waals surface area contributed by atoms with E-state index in [2.05, 4.69) is 12.6 Å². The van der Waals surface area contributed by atoms with E-state index in [4.69, 9.17) is 4.43 Å². The molecule has 0 amide bonds. The Kier molecular flexibility index (Phi) is 7.02. The van der Waals surface area contributed by atoms with Gasteiger partial charge in [0.05, 0.1) is 0 Å². The van der Waals surface area contributed by atoms with Gasteiger partial charge in [-0.05, 0) is 18.2 Å². The zero-order valence-corrected chi connectivity index (χ0v) is 6.60. The Bertz CT molecular complexity index is 30.9. The van der Waals surface area contributed by atoms with Crippen molar-refractivity contribution in [2.24, 2.45) is 0 Å². The molecule has 0 rings (SSSR count). The zero-order valence-electron chi connectivity index (χ0n) is 4.55. The van der Waals surface area contributed by atoms with Crippen molar-refractivity contribution < 1.29 is 4.43 Å². The van der Waals surface area contributed by atoms with Gasteiger partial charge in [-0.2, -0.15) is 12.6 Å². The molecule has 0 aliphatic carbocycles. The summed E-state index contributed by atoms with van der Waals surface area (Å²) in [5.74, 6) is 0.996. The summed E-state index contributed by atoms with van der Waals surface area (Å²) < 4.78 is 4.89. The minimum Gasteiger partial charge on any atom is -0.424 e. The lowest BCUT2D eigenvalue weighted by molar-refractivity contribution is 0.440. The van der Waals surface area contributed by atoms with Crippen molar-refractivity contribution in [1.82, 2.24) is 0 Å². The van der Waals surface area contributed by atoms with Crippen molar-refractivity contribution in [2.45, 2.75) is 12.5 Å². The van der Waals surface area contributed by atoms with E-state index in [1.165, 1.54) is 12.5 Å². The molecule has 0 bridgehead atoms. The van der Waals surface area contributed by atoms with Gasteiger partial charge in [0.25, 0.3) is 0 Å². The van der Waals surface area contributed by atoms with Crippen LogP contribution in [-0.4, -0.2) is 22.6 Å². The molecule has 0 atom stereocenters. The normalized spacial score (nSPS) is 9.43. The van der Waals surface area contributed by atoms with Crippen molar-refractivity contribution >= 4 is 22.4 Å². The van der Waals surface area contributed by atoms with E-state index < -0.39 is 0 Å². The van der Waals surface area contributed by atoms with Crippen molar-refractivity contribution in [3.63, 3.8) is 0 Å². The maximum atomic E-state index is 4.89. The quantitative estimate of drug-likeness (QED) is 0.339. The highest BCUT2D eigenvalue weighted by atomic mass is 32.1. The Balaban J connectivity index is 2.45. The first kappa shape index (κ1) is 7.53. The fourth-order valence-corrected chi connectivity index (χ4v) is 1.43. The molecular formula is C4H11OSSi. The third kappa shape index (κ3) is 6.53. The van der Waals surface area contributed by atoms with Gasteiger partial charge in [0.1, 0.15) is 0 Å². The average Bonchev–Trinajstić information content (AvgIpc) is 1.69. The Hall–Kier alpha value is 0.527. The monoisotopic (exact) mass is 135 g/mol. The Morgan fingerprint density at radius 1 is 1.71 bits per heavy atom. The van der Waals surface area contributed by atoms with Gasteiger partial charge in [-0.25, -0.2) is 0 Å². The summed E-state index contributed by atoms with van der Waals surface area (Å²) >= 11 is 4.05. The Morgan fingerprint density at radius 2 is 2.43 bits per heavy atom. The summed E-state index contributed by atoms with van der Waals surface area (Å²) in [6.45, 7) is 0. The molecule has 1 radical (unpaired) electrons. The van der Waals surface area contributed by atoms with Crippen LogP contribution < -0.4 is 0 Å². The minimum atomic E-state index is 0.267. The molecule has 0 aliphatic heterocycles. The molecule has 0 saturated carbocycles. The lowest BCUT2D eigenvalue weighted by atomic mass is 10.6. The summed E-state index contributed by atoms with van der Waals surface area (Å²) in [5, 5.41) is 0. The molecule has 0 spiro atoms. The molecule has 3 heteroatoms. The molecule has 0 aromatic rings. The van der Waals surface area contributed by atoms with Crippen LogP contribution in [0.1, 0.15) is 6.42 Å². The van der Waals surface area contributed by atoms with Gasteiger partial charge >= 0.3 is 0 Å². The molecule has 0 unspecified atom stereocenters. The van der Waals surface area contributed by atoms with E-state index in [0.717, 1.165) is 5.75 Å². The van der Waals surface area contributed by atoms with E-state index in [1.54, 1.807) is 7.11 Å². The zero-order chi connectivity index (χ0) is 5.54. The van der Waals surface area contributed by atoms with Gasteiger partial charge in [-0.3, -0.25) is 0 Å². The molecule has 43 valence electrons. The third-order valence-corrected chi connectivity index (χ3v) is 1.94. The van der Waals surface area contributed by atoms with E-state index in [-0.39, 0.29) is 9.76 Å². The smallest absolute Gasteiger partial charge is 0.192 e. The summed E-state index contributed by atoms with van der Waals surface area (Å²) in [6, 6.07) is 1.22. The van der Waals surface area contributed by atoms with Crippen LogP contribution in [0.4, 0.5) is 0 Å². The number of hydrogen-bond donors (Lipinski definition) is 1. The summed E-state index contributed by atoms with van der Waals surface area (Å²) in [6.07, 6.45) is 1.20. The average molecular weight is 135 g/mol. The highest BCUT2D eigenvalue weighted by molar-refractivity contribution is 7.80. The SMILES string of the molecule is CO[SiH]CCCS. The van der Waals surface area contributed by atoms with E-state index >= 15 is 0 Å². The first-order valence-corrected chi connectivity index (χ1v) is 4.29. The first-order valence-electron chi connectivity index (χ1n) is 2.37. The summed E-state index contributed by atoms with van der Waals surface area (Å²) in [7, 11) is 2.03. The minimum absolute atomic E-state index is 0.267. The number of hydrogen-bond acceptors (Lipinski definition) is 2. The van der Waals surface area contributed by atoms with E-state index in [1.807, 2.05) is 0 Å². The Labute approximate surface area is 52.8 Å². The van der Waals surface area contributed by atoms with Crippen LogP contribution in [0.3, 0.4) is 0 Å². The van der Waals surface area contributed by atoms with Crippen molar-refractivity contribution in [1.29, 1.82) is 0 Å². The molecule has 0 heterocycles. The van der Waals surface area contributed by atoms with Gasteiger partial charge < -0.3 is 4.43 Å². The summed E-state index contributed by atoms with van der Waals surface area (Å²) in [5.41, 5.74) is 0. The predicted octanol–water partition coefficient (Wildman–Crippen LogP) is 0.722.